The maximum absolute atomic E-state index is 12.4. The lowest BCUT2D eigenvalue weighted by molar-refractivity contribution is 0.445. The molecule has 0 radical (unpaired) electrons. The van der Waals surface area contributed by atoms with E-state index < -0.39 is 10.0 Å². The topological polar surface area (TPSA) is 73.2 Å². The lowest BCUT2D eigenvalue weighted by Crippen LogP contribution is -2.30. The van der Waals surface area contributed by atoms with Crippen LogP contribution >= 0.6 is 0 Å². The van der Waals surface area contributed by atoms with E-state index in [2.05, 4.69) is 11.4 Å². The normalized spacial score (nSPS) is 11.2. The van der Waals surface area contributed by atoms with E-state index in [1.807, 2.05) is 32.0 Å². The molecule has 5 nitrogen and oxygen atoms in total. The van der Waals surface area contributed by atoms with E-state index in [0.29, 0.717) is 30.1 Å². The Labute approximate surface area is 143 Å². The van der Waals surface area contributed by atoms with Gasteiger partial charge >= 0.3 is 0 Å². The Balaban J connectivity index is 2.08. The minimum atomic E-state index is -3.42. The molecule has 0 heterocycles. The van der Waals surface area contributed by atoms with E-state index in [0.717, 1.165) is 11.3 Å². The van der Waals surface area contributed by atoms with Crippen molar-refractivity contribution in [2.75, 3.05) is 18.4 Å². The Hall–Kier alpha value is -2.36. The zero-order valence-electron chi connectivity index (χ0n) is 13.9. The maximum atomic E-state index is 12.4. The van der Waals surface area contributed by atoms with E-state index >= 15 is 0 Å². The van der Waals surface area contributed by atoms with Crippen LogP contribution in [0.15, 0.2) is 53.4 Å². The summed E-state index contributed by atoms with van der Waals surface area (Å²) >= 11 is 0. The van der Waals surface area contributed by atoms with E-state index in [9.17, 15) is 8.42 Å². The van der Waals surface area contributed by atoms with Gasteiger partial charge in [-0.05, 0) is 42.0 Å². The first-order chi connectivity index (χ1) is 11.5. The second-order valence-electron chi connectivity index (χ2n) is 5.28. The minimum Gasteiger partial charge on any atom is -0.381 e. The van der Waals surface area contributed by atoms with Gasteiger partial charge in [0.25, 0.3) is 0 Å². The van der Waals surface area contributed by atoms with Gasteiger partial charge in [0.15, 0.2) is 0 Å². The quantitative estimate of drug-likeness (QED) is 0.838. The monoisotopic (exact) mass is 343 g/mol. The highest BCUT2D eigenvalue weighted by Crippen LogP contribution is 2.18. The second-order valence-corrected chi connectivity index (χ2v) is 7.22. The van der Waals surface area contributed by atoms with E-state index in [4.69, 9.17) is 5.26 Å². The molecule has 1 N–H and O–H groups in total. The van der Waals surface area contributed by atoms with Gasteiger partial charge in [0.2, 0.25) is 10.0 Å². The van der Waals surface area contributed by atoms with Gasteiger partial charge in [-0.15, -0.1) is 0 Å². The molecule has 0 aliphatic carbocycles. The Morgan fingerprint density at radius 3 is 2.33 bits per heavy atom. The van der Waals surface area contributed by atoms with Crippen molar-refractivity contribution < 1.29 is 8.42 Å². The summed E-state index contributed by atoms with van der Waals surface area (Å²) in [6.07, 6.45) is 0. The molecule has 2 aromatic rings. The Morgan fingerprint density at radius 2 is 1.75 bits per heavy atom. The lowest BCUT2D eigenvalue weighted by atomic mass is 10.1. The summed E-state index contributed by atoms with van der Waals surface area (Å²) in [5.74, 6) is 0. The fourth-order valence-corrected chi connectivity index (χ4v) is 3.87. The van der Waals surface area contributed by atoms with Crippen molar-refractivity contribution in [3.63, 3.8) is 0 Å². The standard InChI is InChI=1S/C18H21N3O2S/c1-3-21(4-2)24(22,23)18-10-8-17(9-11-18)20-14-16-7-5-6-15(12-16)13-19/h5-12,20H,3-4,14H2,1-2H3. The molecule has 0 fully saturated rings. The minimum absolute atomic E-state index is 0.295. The molecule has 0 aliphatic heterocycles. The lowest BCUT2D eigenvalue weighted by Gasteiger charge is -2.18. The predicted molar refractivity (Wildman–Crippen MR) is 95.0 cm³/mol. The molecule has 2 aromatic carbocycles. The molecule has 0 amide bonds. The number of anilines is 1. The van der Waals surface area contributed by atoms with Gasteiger partial charge in [-0.2, -0.15) is 9.57 Å². The molecule has 6 heteroatoms. The summed E-state index contributed by atoms with van der Waals surface area (Å²) < 4.78 is 26.3. The van der Waals surface area contributed by atoms with Crippen LogP contribution in [0.4, 0.5) is 5.69 Å². The van der Waals surface area contributed by atoms with E-state index in [1.165, 1.54) is 4.31 Å². The first-order valence-electron chi connectivity index (χ1n) is 7.84. The van der Waals surface area contributed by atoms with Crippen LogP contribution in [-0.4, -0.2) is 25.8 Å². The summed E-state index contributed by atoms with van der Waals surface area (Å²) in [5, 5.41) is 12.1. The van der Waals surface area contributed by atoms with Gasteiger partial charge in [0.1, 0.15) is 0 Å². The highest BCUT2D eigenvalue weighted by atomic mass is 32.2. The Kier molecular flexibility index (Phi) is 5.96. The maximum Gasteiger partial charge on any atom is 0.243 e. The molecule has 0 unspecified atom stereocenters. The molecule has 0 aliphatic rings. The van der Waals surface area contributed by atoms with Gasteiger partial charge in [-0.1, -0.05) is 26.0 Å². The average Bonchev–Trinajstić information content (AvgIpc) is 2.61. The van der Waals surface area contributed by atoms with Gasteiger partial charge in [0.05, 0.1) is 16.5 Å². The summed E-state index contributed by atoms with van der Waals surface area (Å²) in [6.45, 7) is 5.12. The van der Waals surface area contributed by atoms with E-state index in [1.54, 1.807) is 30.3 Å². The van der Waals surface area contributed by atoms with Gasteiger partial charge < -0.3 is 5.32 Å². The molecule has 0 saturated carbocycles. The molecular weight excluding hydrogens is 322 g/mol. The molecule has 0 saturated heterocycles. The number of nitriles is 1. The highest BCUT2D eigenvalue weighted by Gasteiger charge is 2.20. The smallest absolute Gasteiger partial charge is 0.243 e. The third kappa shape index (κ3) is 4.13. The van der Waals surface area contributed by atoms with Crippen molar-refractivity contribution in [1.82, 2.24) is 4.31 Å². The fraction of sp³-hybridized carbons (Fsp3) is 0.278. The average molecular weight is 343 g/mol. The number of sulfonamides is 1. The summed E-state index contributed by atoms with van der Waals surface area (Å²) in [4.78, 5) is 0.295. The van der Waals surface area contributed by atoms with Crippen LogP contribution < -0.4 is 5.32 Å². The SMILES string of the molecule is CCN(CC)S(=O)(=O)c1ccc(NCc2cccc(C#N)c2)cc1. The Morgan fingerprint density at radius 1 is 1.08 bits per heavy atom. The van der Waals surface area contributed by atoms with Crippen molar-refractivity contribution in [2.45, 2.75) is 25.3 Å². The van der Waals surface area contributed by atoms with Crippen molar-refractivity contribution >= 4 is 15.7 Å². The Bertz CT molecular complexity index is 820. The van der Waals surface area contributed by atoms with Crippen LogP contribution in [0.3, 0.4) is 0 Å². The molecule has 0 aromatic heterocycles. The zero-order valence-corrected chi connectivity index (χ0v) is 14.7. The van der Waals surface area contributed by atoms with Crippen LogP contribution in [0, 0.1) is 11.3 Å². The molecular formula is C18H21N3O2S. The highest BCUT2D eigenvalue weighted by molar-refractivity contribution is 7.89. The van der Waals surface area contributed by atoms with Crippen molar-refractivity contribution in [3.05, 3.63) is 59.7 Å². The number of hydrogen-bond donors (Lipinski definition) is 1. The predicted octanol–water partition coefficient (Wildman–Crippen LogP) is 3.20. The van der Waals surface area contributed by atoms with Crippen LogP contribution in [0.5, 0.6) is 0 Å². The van der Waals surface area contributed by atoms with Crippen molar-refractivity contribution in [3.8, 4) is 6.07 Å². The van der Waals surface area contributed by atoms with Crippen LogP contribution in [0.2, 0.25) is 0 Å². The molecule has 126 valence electrons. The first kappa shape index (κ1) is 18.0. The van der Waals surface area contributed by atoms with Gasteiger partial charge in [-0.25, -0.2) is 8.42 Å². The fourth-order valence-electron chi connectivity index (χ4n) is 2.41. The second kappa shape index (κ2) is 7.95. The molecule has 0 spiro atoms. The van der Waals surface area contributed by atoms with Crippen LogP contribution in [-0.2, 0) is 16.6 Å². The number of nitrogens with zero attached hydrogens (tertiary/aromatic N) is 2. The number of nitrogens with one attached hydrogen (secondary N) is 1. The van der Waals surface area contributed by atoms with Crippen LogP contribution in [0.25, 0.3) is 0 Å². The third-order valence-electron chi connectivity index (χ3n) is 3.75. The molecule has 0 atom stereocenters. The number of benzene rings is 2. The zero-order chi connectivity index (χ0) is 17.6. The van der Waals surface area contributed by atoms with Crippen LogP contribution in [0.1, 0.15) is 25.0 Å². The first-order valence-corrected chi connectivity index (χ1v) is 9.28. The number of rotatable bonds is 7. The third-order valence-corrected chi connectivity index (χ3v) is 5.81. The van der Waals surface area contributed by atoms with E-state index in [-0.39, 0.29) is 0 Å². The van der Waals surface area contributed by atoms with Crippen molar-refractivity contribution in [2.24, 2.45) is 0 Å². The largest absolute Gasteiger partial charge is 0.381 e. The number of hydrogen-bond acceptors (Lipinski definition) is 4. The molecule has 0 bridgehead atoms. The van der Waals surface area contributed by atoms with Gasteiger partial charge in [-0.3, -0.25) is 0 Å². The summed E-state index contributed by atoms with van der Waals surface area (Å²) in [7, 11) is -3.42. The van der Waals surface area contributed by atoms with Crippen molar-refractivity contribution in [1.29, 1.82) is 5.26 Å². The molecule has 24 heavy (non-hydrogen) atoms. The molecule has 2 rings (SSSR count). The summed E-state index contributed by atoms with van der Waals surface area (Å²) in [6, 6.07) is 16.2. The van der Waals surface area contributed by atoms with Gasteiger partial charge in [0, 0.05) is 25.3 Å². The summed E-state index contributed by atoms with van der Waals surface area (Å²) in [5.41, 5.74) is 2.44.